The Balaban J connectivity index is 1.28. The largest absolute Gasteiger partial charge is 0.335 e. The maximum Gasteiger partial charge on any atom is 0.227 e. The Bertz CT molecular complexity index is 892. The van der Waals surface area contributed by atoms with Gasteiger partial charge in [0.15, 0.2) is 0 Å². The molecule has 5 rings (SSSR count). The highest BCUT2D eigenvalue weighted by atomic mass is 16.2. The number of benzene rings is 2. The van der Waals surface area contributed by atoms with E-state index in [0.717, 1.165) is 43.7 Å². The number of hydrogen-bond acceptors (Lipinski definition) is 3. The summed E-state index contributed by atoms with van der Waals surface area (Å²) in [6, 6.07) is 18.3. The average Bonchev–Trinajstić information content (AvgIpc) is 3.39. The number of rotatable bonds is 5. The van der Waals surface area contributed by atoms with Gasteiger partial charge in [0.1, 0.15) is 0 Å². The first-order valence-electron chi connectivity index (χ1n) is 10.6. The first-order chi connectivity index (χ1) is 14.2. The van der Waals surface area contributed by atoms with E-state index in [9.17, 15) is 9.59 Å². The predicted octanol–water partition coefficient (Wildman–Crippen LogP) is 3.00. The van der Waals surface area contributed by atoms with Crippen molar-refractivity contribution in [1.29, 1.82) is 0 Å². The van der Waals surface area contributed by atoms with Crippen molar-refractivity contribution in [3.63, 3.8) is 0 Å². The number of nitrogens with one attached hydrogen (secondary N) is 2. The summed E-state index contributed by atoms with van der Waals surface area (Å²) in [5, 5.41) is 6.45. The second-order valence-corrected chi connectivity index (χ2v) is 8.62. The van der Waals surface area contributed by atoms with Crippen LogP contribution in [0.5, 0.6) is 0 Å². The third-order valence-electron chi connectivity index (χ3n) is 6.55. The lowest BCUT2D eigenvalue weighted by Crippen LogP contribution is -2.35. The molecule has 150 valence electrons. The molecule has 3 atom stereocenters. The van der Waals surface area contributed by atoms with Crippen LogP contribution in [0.1, 0.15) is 30.0 Å². The normalized spacial score (nSPS) is 25.7. The first kappa shape index (κ1) is 18.4. The number of anilines is 1. The van der Waals surface area contributed by atoms with E-state index in [1.54, 1.807) is 0 Å². The third kappa shape index (κ3) is 3.79. The first-order valence-corrected chi connectivity index (χ1v) is 10.6. The van der Waals surface area contributed by atoms with Crippen LogP contribution in [0.4, 0.5) is 5.69 Å². The molecule has 0 unspecified atom stereocenters. The highest BCUT2D eigenvalue weighted by Gasteiger charge is 2.46. The van der Waals surface area contributed by atoms with Crippen LogP contribution in [0.15, 0.2) is 54.6 Å². The van der Waals surface area contributed by atoms with Gasteiger partial charge in [0.2, 0.25) is 11.8 Å². The molecule has 0 aromatic heterocycles. The van der Waals surface area contributed by atoms with Gasteiger partial charge in [-0.3, -0.25) is 9.59 Å². The number of carbonyl (C=O) groups is 2. The van der Waals surface area contributed by atoms with E-state index in [4.69, 9.17) is 0 Å². The Morgan fingerprint density at radius 3 is 2.48 bits per heavy atom. The number of likely N-dealkylation sites (tertiary alicyclic amines) is 1. The van der Waals surface area contributed by atoms with Gasteiger partial charge in [-0.05, 0) is 42.0 Å². The molecule has 2 aromatic carbocycles. The predicted molar refractivity (Wildman–Crippen MR) is 112 cm³/mol. The van der Waals surface area contributed by atoms with Crippen LogP contribution >= 0.6 is 0 Å². The molecular formula is C24H27N3O2. The van der Waals surface area contributed by atoms with Gasteiger partial charge in [-0.1, -0.05) is 42.5 Å². The molecule has 0 bridgehead atoms. The quantitative estimate of drug-likeness (QED) is 0.826. The monoisotopic (exact) mass is 389 g/mol. The van der Waals surface area contributed by atoms with Crippen LogP contribution in [0, 0.1) is 17.8 Å². The molecule has 3 fully saturated rings. The average molecular weight is 389 g/mol. The van der Waals surface area contributed by atoms with Crippen LogP contribution < -0.4 is 10.6 Å². The van der Waals surface area contributed by atoms with Crippen LogP contribution in [0.2, 0.25) is 0 Å². The third-order valence-corrected chi connectivity index (χ3v) is 6.55. The second kappa shape index (κ2) is 7.64. The van der Waals surface area contributed by atoms with Crippen molar-refractivity contribution < 1.29 is 9.59 Å². The van der Waals surface area contributed by atoms with E-state index in [0.29, 0.717) is 18.3 Å². The lowest BCUT2D eigenvalue weighted by Gasteiger charge is -2.28. The van der Waals surface area contributed by atoms with Crippen molar-refractivity contribution in [3.8, 4) is 0 Å². The zero-order valence-corrected chi connectivity index (χ0v) is 16.5. The summed E-state index contributed by atoms with van der Waals surface area (Å²) >= 11 is 0. The van der Waals surface area contributed by atoms with Crippen molar-refractivity contribution in [3.05, 3.63) is 65.7 Å². The molecule has 2 heterocycles. The number of carbonyl (C=O) groups excluding carboxylic acids is 2. The van der Waals surface area contributed by atoms with E-state index in [-0.39, 0.29) is 23.8 Å². The van der Waals surface area contributed by atoms with E-state index in [1.807, 2.05) is 30.3 Å². The maximum atomic E-state index is 13.2. The fourth-order valence-electron chi connectivity index (χ4n) is 4.83. The van der Waals surface area contributed by atoms with Gasteiger partial charge in [-0.25, -0.2) is 0 Å². The van der Waals surface area contributed by atoms with Crippen molar-refractivity contribution in [2.24, 2.45) is 17.8 Å². The highest BCUT2D eigenvalue weighted by molar-refractivity contribution is 5.94. The van der Waals surface area contributed by atoms with Gasteiger partial charge in [0.25, 0.3) is 0 Å². The topological polar surface area (TPSA) is 61.4 Å². The molecule has 2 N–H and O–H groups in total. The summed E-state index contributed by atoms with van der Waals surface area (Å²) < 4.78 is 0. The van der Waals surface area contributed by atoms with Gasteiger partial charge in [0, 0.05) is 37.2 Å². The molecule has 29 heavy (non-hydrogen) atoms. The Kier molecular flexibility index (Phi) is 4.84. The SMILES string of the molecule is O=C(Nc1ccc(CC(=O)N2C[C@@H]3CNC[C@@H]3[C@H]2c2ccccc2)cc1)C1CC1. The van der Waals surface area contributed by atoms with E-state index >= 15 is 0 Å². The van der Waals surface area contributed by atoms with E-state index in [1.165, 1.54) is 5.56 Å². The van der Waals surface area contributed by atoms with Crippen molar-refractivity contribution in [2.75, 3.05) is 25.0 Å². The lowest BCUT2D eigenvalue weighted by molar-refractivity contribution is -0.132. The minimum atomic E-state index is 0.108. The minimum Gasteiger partial charge on any atom is -0.335 e. The standard InChI is InChI=1S/C24H27N3O2/c28-22(12-16-6-10-20(11-7-16)26-24(29)18-8-9-18)27-15-19-13-25-14-21(19)23(27)17-4-2-1-3-5-17/h1-7,10-11,18-19,21,23,25H,8-9,12-15H2,(H,26,29)/t19-,21-,23+/m0/s1. The highest BCUT2D eigenvalue weighted by Crippen LogP contribution is 2.42. The number of amides is 2. The fraction of sp³-hybridized carbons (Fsp3) is 0.417. The molecule has 0 radical (unpaired) electrons. The molecule has 2 amide bonds. The summed E-state index contributed by atoms with van der Waals surface area (Å²) in [4.78, 5) is 27.2. The molecule has 1 aliphatic carbocycles. The molecule has 3 aliphatic rings. The molecule has 2 aromatic rings. The van der Waals surface area contributed by atoms with E-state index in [2.05, 4.69) is 39.8 Å². The second-order valence-electron chi connectivity index (χ2n) is 8.62. The zero-order chi connectivity index (χ0) is 19.8. The summed E-state index contributed by atoms with van der Waals surface area (Å²) in [5.74, 6) is 1.50. The summed E-state index contributed by atoms with van der Waals surface area (Å²) in [5.41, 5.74) is 3.03. The Hall–Kier alpha value is -2.66. The fourth-order valence-corrected chi connectivity index (χ4v) is 4.83. The number of nitrogens with zero attached hydrogens (tertiary/aromatic N) is 1. The zero-order valence-electron chi connectivity index (χ0n) is 16.5. The van der Waals surface area contributed by atoms with Crippen LogP contribution in [0.3, 0.4) is 0 Å². The molecule has 2 aliphatic heterocycles. The Labute approximate surface area is 171 Å². The molecular weight excluding hydrogens is 362 g/mol. The molecule has 5 nitrogen and oxygen atoms in total. The van der Waals surface area contributed by atoms with Gasteiger partial charge >= 0.3 is 0 Å². The molecule has 0 spiro atoms. The van der Waals surface area contributed by atoms with Gasteiger partial charge in [-0.2, -0.15) is 0 Å². The molecule has 2 saturated heterocycles. The van der Waals surface area contributed by atoms with E-state index < -0.39 is 0 Å². The smallest absolute Gasteiger partial charge is 0.227 e. The van der Waals surface area contributed by atoms with Crippen LogP contribution in [0.25, 0.3) is 0 Å². The number of hydrogen-bond donors (Lipinski definition) is 2. The summed E-state index contributed by atoms with van der Waals surface area (Å²) in [6.07, 6.45) is 2.38. The van der Waals surface area contributed by atoms with Crippen LogP contribution in [-0.4, -0.2) is 36.3 Å². The van der Waals surface area contributed by atoms with Gasteiger partial charge < -0.3 is 15.5 Å². The molecule has 1 saturated carbocycles. The number of fused-ring (bicyclic) bond motifs is 1. The van der Waals surface area contributed by atoms with Crippen molar-refractivity contribution in [2.45, 2.75) is 25.3 Å². The van der Waals surface area contributed by atoms with Crippen molar-refractivity contribution in [1.82, 2.24) is 10.2 Å². The lowest BCUT2D eigenvalue weighted by atomic mass is 9.89. The van der Waals surface area contributed by atoms with Crippen molar-refractivity contribution >= 4 is 17.5 Å². The van der Waals surface area contributed by atoms with Crippen LogP contribution in [-0.2, 0) is 16.0 Å². The molecule has 5 heteroatoms. The maximum absolute atomic E-state index is 13.2. The minimum absolute atomic E-state index is 0.108. The van der Waals surface area contributed by atoms with Gasteiger partial charge in [-0.15, -0.1) is 0 Å². The summed E-state index contributed by atoms with van der Waals surface area (Å²) in [6.45, 7) is 2.79. The Morgan fingerprint density at radius 1 is 1.00 bits per heavy atom. The van der Waals surface area contributed by atoms with Gasteiger partial charge in [0.05, 0.1) is 12.5 Å². The Morgan fingerprint density at radius 2 is 1.76 bits per heavy atom. The summed E-state index contributed by atoms with van der Waals surface area (Å²) in [7, 11) is 0.